The summed E-state index contributed by atoms with van der Waals surface area (Å²) < 4.78 is 1.82. The van der Waals surface area contributed by atoms with E-state index in [1.807, 2.05) is 89.5 Å². The fraction of sp³-hybridized carbons (Fsp3) is 0. The molecule has 0 aliphatic carbocycles. The predicted octanol–water partition coefficient (Wildman–Crippen LogP) is 5.38. The van der Waals surface area contributed by atoms with E-state index in [-0.39, 0.29) is 5.75 Å². The van der Waals surface area contributed by atoms with Crippen LogP contribution in [0.1, 0.15) is 11.3 Å². The van der Waals surface area contributed by atoms with Gasteiger partial charge < -0.3 is 9.67 Å². The summed E-state index contributed by atoms with van der Waals surface area (Å²) in [5.41, 5.74) is 4.36. The summed E-state index contributed by atoms with van der Waals surface area (Å²) in [6.45, 7) is 0. The third-order valence-corrected chi connectivity index (χ3v) is 4.54. The van der Waals surface area contributed by atoms with Gasteiger partial charge in [0.25, 0.3) is 0 Å². The number of rotatable bonds is 4. The van der Waals surface area contributed by atoms with Gasteiger partial charge in [-0.05, 0) is 34.9 Å². The van der Waals surface area contributed by atoms with Crippen LogP contribution in [0.25, 0.3) is 29.0 Å². The number of hydrogen-bond acceptors (Lipinski definition) is 2. The molecule has 0 aliphatic rings. The van der Waals surface area contributed by atoms with E-state index < -0.39 is 5.43 Å². The molecule has 0 radical (unpaired) electrons. The molecule has 1 aromatic heterocycles. The highest BCUT2D eigenvalue weighted by Crippen LogP contribution is 2.23. The van der Waals surface area contributed by atoms with Gasteiger partial charge in [-0.2, -0.15) is 0 Å². The predicted molar refractivity (Wildman–Crippen MR) is 115 cm³/mol. The molecular weight excluding hydrogens is 346 g/mol. The number of aromatic nitrogens is 1. The molecule has 0 fully saturated rings. The van der Waals surface area contributed by atoms with E-state index >= 15 is 0 Å². The highest BCUT2D eigenvalue weighted by Gasteiger charge is 2.07. The molecule has 4 rings (SSSR count). The maximum atomic E-state index is 12.0. The lowest BCUT2D eigenvalue weighted by molar-refractivity contribution is 0.465. The van der Waals surface area contributed by atoms with Gasteiger partial charge >= 0.3 is 0 Å². The Morgan fingerprint density at radius 2 is 1.39 bits per heavy atom. The molecule has 1 N–H and O–H groups in total. The lowest BCUT2D eigenvalue weighted by atomic mass is 10.1. The van der Waals surface area contributed by atoms with Gasteiger partial charge in [0.15, 0.2) is 5.75 Å². The van der Waals surface area contributed by atoms with E-state index in [1.54, 1.807) is 0 Å². The summed E-state index contributed by atoms with van der Waals surface area (Å²) in [6, 6.07) is 29.4. The molecule has 28 heavy (non-hydrogen) atoms. The third kappa shape index (κ3) is 3.79. The molecule has 0 atom stereocenters. The summed E-state index contributed by atoms with van der Waals surface area (Å²) in [5.74, 6) is -0.276. The van der Waals surface area contributed by atoms with Gasteiger partial charge in [0.05, 0.1) is 6.20 Å². The van der Waals surface area contributed by atoms with Crippen molar-refractivity contribution in [2.24, 2.45) is 0 Å². The van der Waals surface area contributed by atoms with Crippen LogP contribution in [-0.4, -0.2) is 9.67 Å². The van der Waals surface area contributed by atoms with Crippen LogP contribution in [0.3, 0.4) is 0 Å². The summed E-state index contributed by atoms with van der Waals surface area (Å²) in [6.07, 6.45) is 5.30. The van der Waals surface area contributed by atoms with Gasteiger partial charge in [-0.3, -0.25) is 4.79 Å². The van der Waals surface area contributed by atoms with Crippen molar-refractivity contribution in [3.63, 3.8) is 0 Å². The maximum absolute atomic E-state index is 12.0. The average Bonchev–Trinajstić information content (AvgIpc) is 2.76. The normalized spacial score (nSPS) is 11.0. The SMILES string of the molecule is O=c1cc(C=Cc2ccccc2)n(-c2cccc(-c3ccccc3)c2)cc1O. The van der Waals surface area contributed by atoms with Crippen molar-refractivity contribution >= 4 is 12.2 Å². The molecular formula is C25H19NO2. The molecule has 136 valence electrons. The van der Waals surface area contributed by atoms with E-state index in [9.17, 15) is 9.90 Å². The Bertz CT molecular complexity index is 1180. The van der Waals surface area contributed by atoms with Crippen molar-refractivity contribution in [2.45, 2.75) is 0 Å². The summed E-state index contributed by atoms with van der Waals surface area (Å²) >= 11 is 0. The van der Waals surface area contributed by atoms with Crippen LogP contribution in [0.15, 0.2) is 102 Å². The zero-order valence-electron chi connectivity index (χ0n) is 15.2. The van der Waals surface area contributed by atoms with Gasteiger partial charge in [0.1, 0.15) is 0 Å². The smallest absolute Gasteiger partial charge is 0.223 e. The Balaban J connectivity index is 1.80. The molecule has 3 nitrogen and oxygen atoms in total. The summed E-state index contributed by atoms with van der Waals surface area (Å²) in [4.78, 5) is 12.0. The highest BCUT2D eigenvalue weighted by atomic mass is 16.3. The second-order valence-corrected chi connectivity index (χ2v) is 6.48. The van der Waals surface area contributed by atoms with Crippen LogP contribution < -0.4 is 5.43 Å². The van der Waals surface area contributed by atoms with Crippen molar-refractivity contribution in [2.75, 3.05) is 0 Å². The molecule has 4 aromatic rings. The number of hydrogen-bond donors (Lipinski definition) is 1. The molecule has 3 aromatic carbocycles. The van der Waals surface area contributed by atoms with E-state index in [0.29, 0.717) is 5.69 Å². The van der Waals surface area contributed by atoms with Gasteiger partial charge in [0, 0.05) is 17.4 Å². The Labute approximate surface area is 163 Å². The van der Waals surface area contributed by atoms with Gasteiger partial charge in [0.2, 0.25) is 5.43 Å². The third-order valence-electron chi connectivity index (χ3n) is 4.54. The van der Waals surface area contributed by atoms with E-state index in [1.165, 1.54) is 12.3 Å². The Hall–Kier alpha value is -3.85. The first-order valence-corrected chi connectivity index (χ1v) is 9.05. The zero-order valence-corrected chi connectivity index (χ0v) is 15.2. The first kappa shape index (κ1) is 17.6. The fourth-order valence-electron chi connectivity index (χ4n) is 3.10. The second kappa shape index (κ2) is 7.80. The van der Waals surface area contributed by atoms with Crippen molar-refractivity contribution in [1.29, 1.82) is 0 Å². The monoisotopic (exact) mass is 365 g/mol. The van der Waals surface area contributed by atoms with Crippen molar-refractivity contribution in [1.82, 2.24) is 4.57 Å². The number of aromatic hydroxyl groups is 1. The number of nitrogens with zero attached hydrogens (tertiary/aromatic N) is 1. The van der Waals surface area contributed by atoms with Crippen LogP contribution >= 0.6 is 0 Å². The van der Waals surface area contributed by atoms with Crippen LogP contribution in [-0.2, 0) is 0 Å². The minimum atomic E-state index is -0.400. The molecule has 0 unspecified atom stereocenters. The van der Waals surface area contributed by atoms with E-state index in [2.05, 4.69) is 12.1 Å². The average molecular weight is 365 g/mol. The maximum Gasteiger partial charge on any atom is 0.223 e. The van der Waals surface area contributed by atoms with Crippen LogP contribution in [0, 0.1) is 0 Å². The van der Waals surface area contributed by atoms with Gasteiger partial charge in [-0.1, -0.05) is 78.9 Å². The van der Waals surface area contributed by atoms with E-state index in [4.69, 9.17) is 0 Å². The van der Waals surface area contributed by atoms with E-state index in [0.717, 1.165) is 22.4 Å². The molecule has 3 heteroatoms. The topological polar surface area (TPSA) is 42.2 Å². The zero-order chi connectivity index (χ0) is 19.3. The molecule has 0 aliphatic heterocycles. The van der Waals surface area contributed by atoms with Gasteiger partial charge in [-0.15, -0.1) is 0 Å². The minimum Gasteiger partial charge on any atom is -0.503 e. The Kier molecular flexibility index (Phi) is 4.89. The molecule has 0 saturated carbocycles. The van der Waals surface area contributed by atoms with Crippen LogP contribution in [0.2, 0.25) is 0 Å². The molecule has 1 heterocycles. The van der Waals surface area contributed by atoms with Crippen molar-refractivity contribution in [3.05, 3.63) is 119 Å². The Morgan fingerprint density at radius 3 is 2.14 bits per heavy atom. The van der Waals surface area contributed by atoms with Crippen LogP contribution in [0.5, 0.6) is 5.75 Å². The van der Waals surface area contributed by atoms with Crippen LogP contribution in [0.4, 0.5) is 0 Å². The lowest BCUT2D eigenvalue weighted by Gasteiger charge is -2.13. The summed E-state index contributed by atoms with van der Waals surface area (Å²) in [5, 5.41) is 10.0. The van der Waals surface area contributed by atoms with Gasteiger partial charge in [-0.25, -0.2) is 0 Å². The highest BCUT2D eigenvalue weighted by molar-refractivity contribution is 5.70. The largest absolute Gasteiger partial charge is 0.503 e. The molecule has 0 saturated heterocycles. The number of benzene rings is 3. The fourth-order valence-corrected chi connectivity index (χ4v) is 3.10. The molecule has 0 spiro atoms. The standard InChI is InChI=1S/C25H19NO2/c27-24-17-23(15-14-19-8-3-1-4-9-19)26(18-25(24)28)22-13-7-12-21(16-22)20-10-5-2-6-11-20/h1-18,28H. The second-order valence-electron chi connectivity index (χ2n) is 6.48. The van der Waals surface area contributed by atoms with Crippen molar-refractivity contribution in [3.8, 4) is 22.6 Å². The molecule has 0 bridgehead atoms. The quantitative estimate of drug-likeness (QED) is 0.527. The molecule has 0 amide bonds. The first-order chi connectivity index (χ1) is 13.7. The first-order valence-electron chi connectivity index (χ1n) is 9.05. The lowest BCUT2D eigenvalue weighted by Crippen LogP contribution is -2.08. The Morgan fingerprint density at radius 1 is 0.714 bits per heavy atom. The number of pyridine rings is 1. The minimum absolute atomic E-state index is 0.276. The summed E-state index contributed by atoms with van der Waals surface area (Å²) in [7, 11) is 0. The van der Waals surface area contributed by atoms with Crippen molar-refractivity contribution < 1.29 is 5.11 Å².